The number of likely N-dealkylation sites (tertiary alicyclic amines) is 1. The summed E-state index contributed by atoms with van der Waals surface area (Å²) < 4.78 is 6.08. The molecular formula is C24H30N2O3. The second kappa shape index (κ2) is 8.56. The number of hydrogen-bond donors (Lipinski definition) is 1. The summed E-state index contributed by atoms with van der Waals surface area (Å²) in [4.78, 5) is 16.0. The molecule has 1 N–H and O–H groups in total. The van der Waals surface area contributed by atoms with Gasteiger partial charge in [0, 0.05) is 38.7 Å². The molecule has 5 nitrogen and oxygen atoms in total. The van der Waals surface area contributed by atoms with Crippen LogP contribution in [0, 0.1) is 0 Å². The highest BCUT2D eigenvalue weighted by Crippen LogP contribution is 2.34. The first-order chi connectivity index (χ1) is 14.1. The monoisotopic (exact) mass is 394 g/mol. The van der Waals surface area contributed by atoms with Gasteiger partial charge in [-0.25, -0.2) is 0 Å². The smallest absolute Gasteiger partial charge is 0.227 e. The molecule has 2 heterocycles. The van der Waals surface area contributed by atoms with Crippen molar-refractivity contribution in [1.29, 1.82) is 0 Å². The number of hydrogen-bond acceptors (Lipinski definition) is 4. The van der Waals surface area contributed by atoms with Crippen molar-refractivity contribution in [2.45, 2.75) is 37.7 Å². The lowest BCUT2D eigenvalue weighted by molar-refractivity contribution is -0.118. The summed E-state index contributed by atoms with van der Waals surface area (Å²) in [6.07, 6.45) is 3.78. The Bertz CT molecular complexity index is 844. The van der Waals surface area contributed by atoms with Gasteiger partial charge in [-0.2, -0.15) is 0 Å². The number of anilines is 1. The Morgan fingerprint density at radius 2 is 1.79 bits per heavy atom. The van der Waals surface area contributed by atoms with Gasteiger partial charge in [-0.15, -0.1) is 0 Å². The average molecular weight is 395 g/mol. The summed E-state index contributed by atoms with van der Waals surface area (Å²) in [7, 11) is 1.83. The topological polar surface area (TPSA) is 53.0 Å². The van der Waals surface area contributed by atoms with Gasteiger partial charge in [0.1, 0.15) is 5.75 Å². The number of carbonyl (C=O) groups is 1. The van der Waals surface area contributed by atoms with Gasteiger partial charge in [0.2, 0.25) is 5.91 Å². The Morgan fingerprint density at radius 3 is 2.55 bits per heavy atom. The lowest BCUT2D eigenvalue weighted by Gasteiger charge is -2.38. The highest BCUT2D eigenvalue weighted by atomic mass is 16.5. The van der Waals surface area contributed by atoms with Gasteiger partial charge >= 0.3 is 0 Å². The molecule has 1 amide bonds. The molecule has 1 saturated heterocycles. The van der Waals surface area contributed by atoms with Crippen LogP contribution in [0.25, 0.3) is 0 Å². The van der Waals surface area contributed by atoms with Crippen LogP contribution in [0.1, 0.15) is 36.8 Å². The van der Waals surface area contributed by atoms with Crippen LogP contribution in [0.3, 0.4) is 0 Å². The molecule has 2 aliphatic heterocycles. The molecular weight excluding hydrogens is 364 g/mol. The molecule has 0 spiro atoms. The van der Waals surface area contributed by atoms with E-state index in [-0.39, 0.29) is 5.91 Å². The van der Waals surface area contributed by atoms with Crippen molar-refractivity contribution in [2.75, 3.05) is 38.2 Å². The molecule has 0 aromatic heterocycles. The van der Waals surface area contributed by atoms with Gasteiger partial charge in [-0.1, -0.05) is 36.4 Å². The van der Waals surface area contributed by atoms with E-state index in [0.29, 0.717) is 13.0 Å². The van der Waals surface area contributed by atoms with Gasteiger partial charge < -0.3 is 19.6 Å². The van der Waals surface area contributed by atoms with Crippen molar-refractivity contribution in [3.63, 3.8) is 0 Å². The predicted molar refractivity (Wildman–Crippen MR) is 114 cm³/mol. The molecule has 0 aliphatic carbocycles. The fourth-order valence-electron chi connectivity index (χ4n) is 4.44. The van der Waals surface area contributed by atoms with E-state index in [9.17, 15) is 9.90 Å². The van der Waals surface area contributed by atoms with E-state index in [4.69, 9.17) is 4.74 Å². The zero-order valence-corrected chi connectivity index (χ0v) is 17.1. The molecule has 2 aromatic carbocycles. The van der Waals surface area contributed by atoms with Crippen molar-refractivity contribution in [3.8, 4) is 5.75 Å². The number of amides is 1. The van der Waals surface area contributed by atoms with E-state index in [1.54, 1.807) is 4.90 Å². The summed E-state index contributed by atoms with van der Waals surface area (Å²) in [5.74, 6) is 1.06. The Morgan fingerprint density at radius 1 is 1.03 bits per heavy atom. The quantitative estimate of drug-likeness (QED) is 0.764. The molecule has 154 valence electrons. The molecule has 5 heteroatoms. The average Bonchev–Trinajstić information content (AvgIpc) is 2.76. The molecule has 0 unspecified atom stereocenters. The molecule has 1 fully saturated rings. The van der Waals surface area contributed by atoms with Crippen LogP contribution in [0.4, 0.5) is 5.69 Å². The minimum Gasteiger partial charge on any atom is -0.493 e. The Labute approximate surface area is 172 Å². The lowest BCUT2D eigenvalue weighted by atomic mass is 9.84. The molecule has 0 atom stereocenters. The van der Waals surface area contributed by atoms with Gasteiger partial charge in [-0.3, -0.25) is 4.79 Å². The minimum atomic E-state index is -0.694. The third kappa shape index (κ3) is 4.31. The van der Waals surface area contributed by atoms with Crippen LogP contribution in [0.2, 0.25) is 0 Å². The van der Waals surface area contributed by atoms with Gasteiger partial charge in [0.15, 0.2) is 0 Å². The Kier molecular flexibility index (Phi) is 5.88. The van der Waals surface area contributed by atoms with E-state index in [0.717, 1.165) is 67.9 Å². The summed E-state index contributed by atoms with van der Waals surface area (Å²) in [6, 6.07) is 16.0. The SMILES string of the molecule is CN1C(=O)CCc2c(OCCCN3CCC(O)(c4ccccc4)CC3)cccc21. The van der Waals surface area contributed by atoms with Crippen LogP contribution >= 0.6 is 0 Å². The molecule has 2 aliphatic rings. The molecule has 0 radical (unpaired) electrons. The number of benzene rings is 2. The summed E-state index contributed by atoms with van der Waals surface area (Å²) >= 11 is 0. The van der Waals surface area contributed by atoms with E-state index in [1.807, 2.05) is 55.6 Å². The van der Waals surface area contributed by atoms with Crippen LogP contribution in [-0.4, -0.2) is 49.2 Å². The Hall–Kier alpha value is -2.37. The maximum atomic E-state index is 11.9. The van der Waals surface area contributed by atoms with Crippen LogP contribution in [-0.2, 0) is 16.8 Å². The van der Waals surface area contributed by atoms with Crippen molar-refractivity contribution in [3.05, 3.63) is 59.7 Å². The van der Waals surface area contributed by atoms with Crippen molar-refractivity contribution in [2.24, 2.45) is 0 Å². The highest BCUT2D eigenvalue weighted by Gasteiger charge is 2.33. The van der Waals surface area contributed by atoms with Crippen molar-refractivity contribution in [1.82, 2.24) is 4.90 Å². The van der Waals surface area contributed by atoms with E-state index in [1.165, 1.54) is 0 Å². The molecule has 0 bridgehead atoms. The number of fused-ring (bicyclic) bond motifs is 1. The number of piperidine rings is 1. The molecule has 4 rings (SSSR count). The van der Waals surface area contributed by atoms with Crippen LogP contribution in [0.15, 0.2) is 48.5 Å². The predicted octanol–water partition coefficient (Wildman–Crippen LogP) is 3.35. The number of aliphatic hydroxyl groups is 1. The van der Waals surface area contributed by atoms with Crippen molar-refractivity contribution >= 4 is 11.6 Å². The number of ether oxygens (including phenoxy) is 1. The standard InChI is InChI=1S/C24H30N2O3/c1-25-21-9-5-10-22(20(21)11-12-23(25)27)29-18-6-15-26-16-13-24(28,14-17-26)19-7-3-2-4-8-19/h2-5,7-10,28H,6,11-18H2,1H3. The molecule has 2 aromatic rings. The van der Waals surface area contributed by atoms with Crippen LogP contribution in [0.5, 0.6) is 5.75 Å². The maximum Gasteiger partial charge on any atom is 0.227 e. The van der Waals surface area contributed by atoms with Crippen LogP contribution < -0.4 is 9.64 Å². The van der Waals surface area contributed by atoms with Gasteiger partial charge in [-0.05, 0) is 43.4 Å². The maximum absolute atomic E-state index is 11.9. The minimum absolute atomic E-state index is 0.162. The third-order valence-electron chi connectivity index (χ3n) is 6.30. The summed E-state index contributed by atoms with van der Waals surface area (Å²) in [6.45, 7) is 3.43. The fraction of sp³-hybridized carbons (Fsp3) is 0.458. The highest BCUT2D eigenvalue weighted by molar-refractivity contribution is 5.96. The number of carbonyl (C=O) groups excluding carboxylic acids is 1. The normalized spacial score (nSPS) is 19.1. The summed E-state index contributed by atoms with van der Waals surface area (Å²) in [5, 5.41) is 11.0. The molecule has 0 saturated carbocycles. The second-order valence-corrected chi connectivity index (χ2v) is 8.15. The zero-order chi connectivity index (χ0) is 20.3. The number of nitrogens with zero attached hydrogens (tertiary/aromatic N) is 2. The Balaban J connectivity index is 1.25. The molecule has 29 heavy (non-hydrogen) atoms. The zero-order valence-electron chi connectivity index (χ0n) is 17.1. The summed E-state index contributed by atoms with van der Waals surface area (Å²) in [5.41, 5.74) is 2.44. The lowest BCUT2D eigenvalue weighted by Crippen LogP contribution is -2.43. The number of rotatable bonds is 6. The van der Waals surface area contributed by atoms with E-state index in [2.05, 4.69) is 4.90 Å². The first-order valence-electron chi connectivity index (χ1n) is 10.6. The fourth-order valence-corrected chi connectivity index (χ4v) is 4.44. The van der Waals surface area contributed by atoms with Gasteiger partial charge in [0.05, 0.1) is 17.9 Å². The van der Waals surface area contributed by atoms with E-state index >= 15 is 0 Å². The largest absolute Gasteiger partial charge is 0.493 e. The van der Waals surface area contributed by atoms with E-state index < -0.39 is 5.60 Å². The first-order valence-corrected chi connectivity index (χ1v) is 10.6. The van der Waals surface area contributed by atoms with Crippen molar-refractivity contribution < 1.29 is 14.6 Å². The first kappa shape index (κ1) is 19.9. The second-order valence-electron chi connectivity index (χ2n) is 8.15. The third-order valence-corrected chi connectivity index (χ3v) is 6.30. The van der Waals surface area contributed by atoms with Gasteiger partial charge in [0.25, 0.3) is 0 Å².